The van der Waals surface area contributed by atoms with Crippen molar-refractivity contribution >= 4 is 58.0 Å². The summed E-state index contributed by atoms with van der Waals surface area (Å²) in [6, 6.07) is 15.9. The molecule has 0 aliphatic carbocycles. The summed E-state index contributed by atoms with van der Waals surface area (Å²) in [7, 11) is 0. The molecule has 0 amide bonds. The maximum Gasteiger partial charge on any atom is 0.196 e. The van der Waals surface area contributed by atoms with E-state index in [4.69, 9.17) is 46.4 Å². The van der Waals surface area contributed by atoms with Gasteiger partial charge in [-0.3, -0.25) is 9.59 Å². The van der Waals surface area contributed by atoms with Crippen molar-refractivity contribution in [2.24, 2.45) is 0 Å². The zero-order valence-corrected chi connectivity index (χ0v) is 16.1. The average molecular weight is 424 g/mol. The number of halogens is 4. The molecule has 0 N–H and O–H groups in total. The van der Waals surface area contributed by atoms with Gasteiger partial charge in [-0.05, 0) is 24.3 Å². The Morgan fingerprint density at radius 2 is 0.808 bits per heavy atom. The minimum absolute atomic E-state index is 0.140. The highest BCUT2D eigenvalue weighted by Gasteiger charge is 2.24. The number of ketones is 2. The van der Waals surface area contributed by atoms with Crippen molar-refractivity contribution in [1.29, 1.82) is 0 Å². The molecule has 0 bridgehead atoms. The van der Waals surface area contributed by atoms with Gasteiger partial charge in [-0.2, -0.15) is 0 Å². The predicted molar refractivity (Wildman–Crippen MR) is 106 cm³/mol. The molecule has 130 valence electrons. The highest BCUT2D eigenvalue weighted by atomic mass is 35.5. The van der Waals surface area contributed by atoms with Crippen LogP contribution in [-0.2, 0) is 0 Å². The molecule has 3 aromatic carbocycles. The predicted octanol–water partition coefficient (Wildman–Crippen LogP) is 6.76. The third kappa shape index (κ3) is 3.51. The van der Waals surface area contributed by atoms with Crippen LogP contribution in [-0.4, -0.2) is 11.6 Å². The number of carbonyl (C=O) groups excluding carboxylic acids is 2. The molecule has 0 aromatic heterocycles. The van der Waals surface area contributed by atoms with Crippen LogP contribution >= 0.6 is 46.4 Å². The minimum Gasteiger partial charge on any atom is -0.288 e. The molecule has 0 aliphatic rings. The van der Waals surface area contributed by atoms with Crippen LogP contribution in [0.25, 0.3) is 0 Å². The molecule has 0 spiro atoms. The topological polar surface area (TPSA) is 34.1 Å². The standard InChI is InChI=1S/C20H10Cl4O2/c21-13-7-3-8-14(22)17(13)19(25)11-5-1-2-6-12(11)20(26)18-15(23)9-4-10-16(18)24/h1-10H. The van der Waals surface area contributed by atoms with Crippen molar-refractivity contribution < 1.29 is 9.59 Å². The van der Waals surface area contributed by atoms with Gasteiger partial charge in [-0.25, -0.2) is 0 Å². The van der Waals surface area contributed by atoms with E-state index in [1.165, 1.54) is 0 Å². The van der Waals surface area contributed by atoms with E-state index in [2.05, 4.69) is 0 Å². The van der Waals surface area contributed by atoms with E-state index in [0.29, 0.717) is 0 Å². The molecule has 0 heterocycles. The maximum absolute atomic E-state index is 13.0. The average Bonchev–Trinajstić information content (AvgIpc) is 2.61. The molecule has 0 saturated carbocycles. The van der Waals surface area contributed by atoms with E-state index < -0.39 is 11.6 Å². The normalized spacial score (nSPS) is 10.6. The molecule has 3 aromatic rings. The lowest BCUT2D eigenvalue weighted by molar-refractivity contribution is 0.100. The lowest BCUT2D eigenvalue weighted by Crippen LogP contribution is -2.12. The molecule has 26 heavy (non-hydrogen) atoms. The Morgan fingerprint density at radius 3 is 1.12 bits per heavy atom. The molecule has 0 unspecified atom stereocenters. The van der Waals surface area contributed by atoms with Crippen LogP contribution in [0, 0.1) is 0 Å². The molecule has 0 fully saturated rings. The summed E-state index contributed by atoms with van der Waals surface area (Å²) in [5.41, 5.74) is 0.620. The van der Waals surface area contributed by atoms with Crippen molar-refractivity contribution in [2.45, 2.75) is 0 Å². The number of hydrogen-bond acceptors (Lipinski definition) is 2. The summed E-state index contributed by atoms with van der Waals surface area (Å²) in [5.74, 6) is -0.902. The van der Waals surface area contributed by atoms with Crippen molar-refractivity contribution in [2.75, 3.05) is 0 Å². The minimum atomic E-state index is -0.451. The van der Waals surface area contributed by atoms with E-state index in [1.807, 2.05) is 0 Å². The second kappa shape index (κ2) is 7.81. The quantitative estimate of drug-likeness (QED) is 0.434. The third-order valence-electron chi connectivity index (χ3n) is 3.80. The summed E-state index contributed by atoms with van der Waals surface area (Å²) in [6.45, 7) is 0. The van der Waals surface area contributed by atoms with Crippen LogP contribution in [0.3, 0.4) is 0 Å². The largest absolute Gasteiger partial charge is 0.288 e. The van der Waals surface area contributed by atoms with Crippen LogP contribution in [0.15, 0.2) is 60.7 Å². The van der Waals surface area contributed by atoms with E-state index in [1.54, 1.807) is 60.7 Å². The highest BCUT2D eigenvalue weighted by Crippen LogP contribution is 2.31. The Hall–Kier alpha value is -1.84. The Labute approximate surface area is 170 Å². The number of hydrogen-bond donors (Lipinski definition) is 0. The van der Waals surface area contributed by atoms with E-state index in [0.717, 1.165) is 0 Å². The molecular weight excluding hydrogens is 414 g/mol. The number of carbonyl (C=O) groups is 2. The van der Waals surface area contributed by atoms with Crippen molar-refractivity contribution in [3.8, 4) is 0 Å². The van der Waals surface area contributed by atoms with Crippen LogP contribution in [0.1, 0.15) is 31.8 Å². The van der Waals surface area contributed by atoms with Gasteiger partial charge in [0.15, 0.2) is 11.6 Å². The summed E-state index contributed by atoms with van der Waals surface area (Å²) in [5, 5.41) is 0.835. The van der Waals surface area contributed by atoms with Gasteiger partial charge >= 0.3 is 0 Å². The fraction of sp³-hybridized carbons (Fsp3) is 0. The first-order valence-electron chi connectivity index (χ1n) is 7.48. The van der Waals surface area contributed by atoms with Crippen LogP contribution in [0.4, 0.5) is 0 Å². The summed E-state index contributed by atoms with van der Waals surface area (Å²) in [6.07, 6.45) is 0. The molecule has 3 rings (SSSR count). The fourth-order valence-electron chi connectivity index (χ4n) is 2.58. The van der Waals surface area contributed by atoms with Gasteiger partial charge in [0.05, 0.1) is 31.2 Å². The molecule has 0 radical (unpaired) electrons. The summed E-state index contributed by atoms with van der Waals surface area (Å²) >= 11 is 24.6. The summed E-state index contributed by atoms with van der Waals surface area (Å²) < 4.78 is 0. The molecular formula is C20H10Cl4O2. The zero-order valence-electron chi connectivity index (χ0n) is 13.1. The highest BCUT2D eigenvalue weighted by molar-refractivity contribution is 6.43. The van der Waals surface area contributed by atoms with Crippen molar-refractivity contribution in [1.82, 2.24) is 0 Å². The Bertz CT molecular complexity index is 905. The molecule has 6 heteroatoms. The second-order valence-electron chi connectivity index (χ2n) is 5.40. The van der Waals surface area contributed by atoms with Gasteiger partial charge in [0, 0.05) is 11.1 Å². The van der Waals surface area contributed by atoms with Gasteiger partial charge in [0.1, 0.15) is 0 Å². The number of rotatable bonds is 4. The van der Waals surface area contributed by atoms with E-state index in [9.17, 15) is 9.59 Å². The lowest BCUT2D eigenvalue weighted by Gasteiger charge is -2.12. The second-order valence-corrected chi connectivity index (χ2v) is 7.03. The molecule has 0 aliphatic heterocycles. The molecule has 0 atom stereocenters. The Kier molecular flexibility index (Phi) is 5.69. The fourth-order valence-corrected chi connectivity index (χ4v) is 3.72. The first kappa shape index (κ1) is 18.9. The first-order valence-corrected chi connectivity index (χ1v) is 8.99. The zero-order chi connectivity index (χ0) is 18.8. The molecule has 0 saturated heterocycles. The maximum atomic E-state index is 13.0. The van der Waals surface area contributed by atoms with Crippen LogP contribution < -0.4 is 0 Å². The Morgan fingerprint density at radius 1 is 0.500 bits per heavy atom. The van der Waals surface area contributed by atoms with E-state index >= 15 is 0 Å². The van der Waals surface area contributed by atoms with Crippen molar-refractivity contribution in [3.05, 3.63) is 103 Å². The molecule has 2 nitrogen and oxygen atoms in total. The Balaban J connectivity index is 2.16. The summed E-state index contributed by atoms with van der Waals surface area (Å²) in [4.78, 5) is 26.1. The third-order valence-corrected chi connectivity index (χ3v) is 5.06. The van der Waals surface area contributed by atoms with E-state index in [-0.39, 0.29) is 42.3 Å². The first-order chi connectivity index (χ1) is 12.4. The smallest absolute Gasteiger partial charge is 0.196 e. The number of benzene rings is 3. The SMILES string of the molecule is O=C(c1ccccc1C(=O)c1c(Cl)cccc1Cl)c1c(Cl)cccc1Cl. The van der Waals surface area contributed by atoms with Crippen LogP contribution in [0.5, 0.6) is 0 Å². The monoisotopic (exact) mass is 422 g/mol. The van der Waals surface area contributed by atoms with Gasteiger partial charge in [0.2, 0.25) is 0 Å². The van der Waals surface area contributed by atoms with Crippen LogP contribution in [0.2, 0.25) is 20.1 Å². The van der Waals surface area contributed by atoms with Gasteiger partial charge in [0.25, 0.3) is 0 Å². The van der Waals surface area contributed by atoms with Gasteiger partial charge in [-0.15, -0.1) is 0 Å². The van der Waals surface area contributed by atoms with Crippen molar-refractivity contribution in [3.63, 3.8) is 0 Å². The lowest BCUT2D eigenvalue weighted by atomic mass is 9.93. The van der Waals surface area contributed by atoms with Gasteiger partial charge < -0.3 is 0 Å². The van der Waals surface area contributed by atoms with Gasteiger partial charge in [-0.1, -0.05) is 82.8 Å².